The first-order chi connectivity index (χ1) is 8.98. The Morgan fingerprint density at radius 3 is 3.00 bits per heavy atom. The lowest BCUT2D eigenvalue weighted by Gasteiger charge is -2.14. The third kappa shape index (κ3) is 4.66. The summed E-state index contributed by atoms with van der Waals surface area (Å²) in [7, 11) is -1.88. The molecule has 0 fully saturated rings. The molecule has 0 aromatic carbocycles. The van der Waals surface area contributed by atoms with Crippen LogP contribution in [0.3, 0.4) is 0 Å². The fourth-order valence-corrected chi connectivity index (χ4v) is 3.59. The zero-order valence-electron chi connectivity index (χ0n) is 10.7. The van der Waals surface area contributed by atoms with Crippen molar-refractivity contribution in [1.82, 2.24) is 9.62 Å². The number of aliphatic imine (C=N–C) groups is 1. The lowest BCUT2D eigenvalue weighted by Crippen LogP contribution is -2.33. The third-order valence-electron chi connectivity index (χ3n) is 2.28. The van der Waals surface area contributed by atoms with Crippen LogP contribution in [0.1, 0.15) is 0 Å². The van der Waals surface area contributed by atoms with Gasteiger partial charge in [0.2, 0.25) is 0 Å². The van der Waals surface area contributed by atoms with Crippen molar-refractivity contribution < 1.29 is 8.42 Å². The van der Waals surface area contributed by atoms with Crippen molar-refractivity contribution in [2.45, 2.75) is 4.21 Å². The lowest BCUT2D eigenvalue weighted by molar-refractivity contribution is 0.478. The van der Waals surface area contributed by atoms with Gasteiger partial charge >= 0.3 is 0 Å². The molecule has 1 aromatic rings. The first kappa shape index (κ1) is 15.7. The van der Waals surface area contributed by atoms with Crippen LogP contribution in [0.4, 0.5) is 0 Å². The van der Waals surface area contributed by atoms with E-state index in [4.69, 9.17) is 5.73 Å². The second kappa shape index (κ2) is 7.27. The summed E-state index contributed by atoms with van der Waals surface area (Å²) in [4.78, 5) is 4.03. The van der Waals surface area contributed by atoms with Crippen LogP contribution < -0.4 is 11.1 Å². The van der Waals surface area contributed by atoms with Crippen molar-refractivity contribution >= 4 is 27.3 Å². The van der Waals surface area contributed by atoms with Gasteiger partial charge in [0.1, 0.15) is 4.21 Å². The van der Waals surface area contributed by atoms with Gasteiger partial charge < -0.3 is 11.1 Å². The minimum Gasteiger partial charge on any atom is -0.370 e. The van der Waals surface area contributed by atoms with Crippen LogP contribution >= 0.6 is 11.3 Å². The highest BCUT2D eigenvalue weighted by Gasteiger charge is 2.20. The fourth-order valence-electron chi connectivity index (χ4n) is 1.23. The van der Waals surface area contributed by atoms with Gasteiger partial charge in [-0.3, -0.25) is 4.99 Å². The lowest BCUT2D eigenvalue weighted by atomic mass is 10.6. The first-order valence-corrected chi connectivity index (χ1v) is 7.95. The van der Waals surface area contributed by atoms with Gasteiger partial charge in [0.05, 0.1) is 6.54 Å². The Morgan fingerprint density at radius 2 is 2.42 bits per heavy atom. The van der Waals surface area contributed by atoms with Crippen LogP contribution in [0.25, 0.3) is 0 Å². The van der Waals surface area contributed by atoms with Gasteiger partial charge in [-0.1, -0.05) is 12.1 Å². The quantitative estimate of drug-likeness (QED) is 0.435. The summed E-state index contributed by atoms with van der Waals surface area (Å²) in [5, 5.41) is 4.55. The number of rotatable bonds is 7. The summed E-state index contributed by atoms with van der Waals surface area (Å²) in [5.74, 6) is 0.279. The molecule has 0 aliphatic heterocycles. The van der Waals surface area contributed by atoms with Gasteiger partial charge in [-0.2, -0.15) is 4.31 Å². The van der Waals surface area contributed by atoms with Crippen LogP contribution in [0.5, 0.6) is 0 Å². The number of nitrogens with zero attached hydrogens (tertiary/aromatic N) is 2. The molecule has 0 spiro atoms. The Labute approximate surface area is 117 Å². The van der Waals surface area contributed by atoms with E-state index in [1.807, 2.05) is 0 Å². The largest absolute Gasteiger partial charge is 0.370 e. The zero-order valence-corrected chi connectivity index (χ0v) is 12.4. The van der Waals surface area contributed by atoms with Crippen LogP contribution in [0.15, 0.2) is 39.4 Å². The fraction of sp³-hybridized carbons (Fsp3) is 0.364. The van der Waals surface area contributed by atoms with E-state index in [2.05, 4.69) is 16.9 Å². The molecule has 0 saturated carbocycles. The molecule has 3 N–H and O–H groups in total. The minimum absolute atomic E-state index is 0.275. The molecule has 0 amide bonds. The van der Waals surface area contributed by atoms with E-state index >= 15 is 0 Å². The molecule has 6 nitrogen and oxygen atoms in total. The molecule has 0 aliphatic rings. The zero-order chi connectivity index (χ0) is 14.3. The molecule has 1 heterocycles. The number of hydrogen-bond donors (Lipinski definition) is 2. The standard InChI is InChI=1S/C11H18N4O2S2/c1-3-6-13-11(12)14-7-8-15(2)19(16,17)10-5-4-9-18-10/h3-5,9H,1,6-8H2,2H3,(H3,12,13,14). The maximum absolute atomic E-state index is 12.1. The number of sulfonamides is 1. The number of likely N-dealkylation sites (N-methyl/N-ethyl adjacent to an activating group) is 1. The number of thiophene rings is 1. The highest BCUT2D eigenvalue weighted by molar-refractivity contribution is 7.91. The summed E-state index contributed by atoms with van der Waals surface area (Å²) in [6, 6.07) is 3.29. The second-order valence-electron chi connectivity index (χ2n) is 3.70. The second-order valence-corrected chi connectivity index (χ2v) is 6.91. The smallest absolute Gasteiger partial charge is 0.252 e. The summed E-state index contributed by atoms with van der Waals surface area (Å²) >= 11 is 1.20. The molecule has 0 radical (unpaired) electrons. The Morgan fingerprint density at radius 1 is 1.68 bits per heavy atom. The van der Waals surface area contributed by atoms with Crippen molar-refractivity contribution in [1.29, 1.82) is 0 Å². The number of guanidine groups is 1. The Balaban J connectivity index is 2.52. The normalized spacial score (nSPS) is 12.6. The Bertz CT molecular complexity index is 523. The van der Waals surface area contributed by atoms with Crippen LogP contribution in [-0.4, -0.2) is 45.4 Å². The molecule has 0 bridgehead atoms. The maximum Gasteiger partial charge on any atom is 0.252 e. The average molecular weight is 302 g/mol. The van der Waals surface area contributed by atoms with Crippen molar-refractivity contribution in [2.24, 2.45) is 10.7 Å². The van der Waals surface area contributed by atoms with E-state index in [9.17, 15) is 8.42 Å². The van der Waals surface area contributed by atoms with E-state index in [0.29, 0.717) is 17.3 Å². The van der Waals surface area contributed by atoms with Gasteiger partial charge in [0, 0.05) is 20.1 Å². The molecule has 1 aromatic heterocycles. The summed E-state index contributed by atoms with van der Waals surface area (Å²) < 4.78 is 25.7. The van der Waals surface area contributed by atoms with Gasteiger partial charge in [-0.05, 0) is 11.4 Å². The van der Waals surface area contributed by atoms with Crippen molar-refractivity contribution in [3.8, 4) is 0 Å². The molecule has 0 atom stereocenters. The van der Waals surface area contributed by atoms with Crippen LogP contribution in [0.2, 0.25) is 0 Å². The molecular formula is C11H18N4O2S2. The first-order valence-electron chi connectivity index (χ1n) is 5.63. The molecular weight excluding hydrogens is 284 g/mol. The topological polar surface area (TPSA) is 87.8 Å². The molecule has 0 unspecified atom stereocenters. The molecule has 8 heteroatoms. The van der Waals surface area contributed by atoms with Crippen LogP contribution in [-0.2, 0) is 10.0 Å². The monoisotopic (exact) mass is 302 g/mol. The predicted octanol–water partition coefficient (Wildman–Crippen LogP) is 0.459. The number of hydrogen-bond acceptors (Lipinski definition) is 4. The third-order valence-corrected chi connectivity index (χ3v) is 5.51. The molecule has 0 aliphatic carbocycles. The molecule has 0 saturated heterocycles. The average Bonchev–Trinajstić information content (AvgIpc) is 2.90. The minimum atomic E-state index is -3.41. The predicted molar refractivity (Wildman–Crippen MR) is 78.8 cm³/mol. The van der Waals surface area contributed by atoms with Gasteiger partial charge in [-0.25, -0.2) is 8.42 Å². The molecule has 1 rings (SSSR count). The number of nitrogens with one attached hydrogen (secondary N) is 1. The van der Waals surface area contributed by atoms with Gasteiger partial charge in [0.25, 0.3) is 10.0 Å². The maximum atomic E-state index is 12.1. The summed E-state index contributed by atoms with van der Waals surface area (Å²) in [6.45, 7) is 4.65. The SMILES string of the molecule is C=CCNC(N)=NCCN(C)S(=O)(=O)c1cccs1. The number of nitrogens with two attached hydrogens (primary N) is 1. The van der Waals surface area contributed by atoms with E-state index < -0.39 is 10.0 Å². The van der Waals surface area contributed by atoms with Crippen molar-refractivity contribution in [3.63, 3.8) is 0 Å². The van der Waals surface area contributed by atoms with E-state index in [1.54, 1.807) is 23.6 Å². The summed E-state index contributed by atoms with van der Waals surface area (Å²) in [6.07, 6.45) is 1.66. The highest BCUT2D eigenvalue weighted by atomic mass is 32.2. The highest BCUT2D eigenvalue weighted by Crippen LogP contribution is 2.19. The van der Waals surface area contributed by atoms with Gasteiger partial charge in [0.15, 0.2) is 5.96 Å². The van der Waals surface area contributed by atoms with E-state index in [0.717, 1.165) is 0 Å². The van der Waals surface area contributed by atoms with Crippen LogP contribution in [0, 0.1) is 0 Å². The van der Waals surface area contributed by atoms with E-state index in [-0.39, 0.29) is 12.5 Å². The molecule has 106 valence electrons. The van der Waals surface area contributed by atoms with Crippen molar-refractivity contribution in [2.75, 3.05) is 26.7 Å². The molecule has 19 heavy (non-hydrogen) atoms. The Kier molecular flexibility index (Phi) is 6.00. The van der Waals surface area contributed by atoms with Gasteiger partial charge in [-0.15, -0.1) is 17.9 Å². The Hall–Kier alpha value is -1.38. The van der Waals surface area contributed by atoms with E-state index in [1.165, 1.54) is 22.7 Å². The summed E-state index contributed by atoms with van der Waals surface area (Å²) in [5.41, 5.74) is 5.57. The van der Waals surface area contributed by atoms with Crippen molar-refractivity contribution in [3.05, 3.63) is 30.2 Å².